The van der Waals surface area contributed by atoms with E-state index in [1.807, 2.05) is 25.1 Å². The maximum Gasteiger partial charge on any atom is 0.237 e. The van der Waals surface area contributed by atoms with Crippen LogP contribution in [0.3, 0.4) is 0 Å². The van der Waals surface area contributed by atoms with Gasteiger partial charge in [0.25, 0.3) is 0 Å². The fourth-order valence-corrected chi connectivity index (χ4v) is 5.44. The lowest BCUT2D eigenvalue weighted by atomic mass is 10.0. The van der Waals surface area contributed by atoms with E-state index in [1.54, 1.807) is 50.1 Å². The number of ether oxygens (including phenoxy) is 2. The third-order valence-corrected chi connectivity index (χ3v) is 7.11. The van der Waals surface area contributed by atoms with Crippen molar-refractivity contribution in [2.75, 3.05) is 19.5 Å². The van der Waals surface area contributed by atoms with E-state index in [2.05, 4.69) is 34.3 Å². The van der Waals surface area contributed by atoms with Gasteiger partial charge in [0.1, 0.15) is 16.2 Å². The van der Waals surface area contributed by atoms with Gasteiger partial charge in [-0.15, -0.1) is 11.3 Å². The van der Waals surface area contributed by atoms with Crippen molar-refractivity contribution in [3.05, 3.63) is 59.7 Å². The van der Waals surface area contributed by atoms with Crippen molar-refractivity contribution in [1.82, 2.24) is 9.97 Å². The second-order valence-corrected chi connectivity index (χ2v) is 9.61. The van der Waals surface area contributed by atoms with Crippen molar-refractivity contribution in [3.63, 3.8) is 0 Å². The molecule has 32 heavy (non-hydrogen) atoms. The van der Waals surface area contributed by atoms with Gasteiger partial charge in [-0.2, -0.15) is 0 Å². The molecule has 1 atom stereocenters. The van der Waals surface area contributed by atoms with Crippen LogP contribution in [0.1, 0.15) is 11.8 Å². The first-order chi connectivity index (χ1) is 15.5. The molecular weight excluding hydrogens is 442 g/mol. The van der Waals surface area contributed by atoms with E-state index in [0.717, 1.165) is 26.4 Å². The third kappa shape index (κ3) is 4.42. The molecule has 6 nitrogen and oxygen atoms in total. The maximum absolute atomic E-state index is 12.9. The number of nitrogens with one attached hydrogen (secondary N) is 1. The molecule has 2 heterocycles. The molecule has 1 N–H and O–H groups in total. The second kappa shape index (κ2) is 9.58. The average Bonchev–Trinajstić information content (AvgIpc) is 3.16. The van der Waals surface area contributed by atoms with Crippen molar-refractivity contribution in [3.8, 4) is 22.6 Å². The largest absolute Gasteiger partial charge is 0.493 e. The molecule has 8 heteroatoms. The number of thioether (sulfide) groups is 1. The monoisotopic (exact) mass is 465 g/mol. The number of carbonyl (C=O) groups excluding carboxylic acids is 1. The molecule has 1 amide bonds. The summed E-state index contributed by atoms with van der Waals surface area (Å²) in [6.45, 7) is 3.96. The zero-order valence-corrected chi connectivity index (χ0v) is 19.8. The average molecular weight is 466 g/mol. The van der Waals surface area contributed by atoms with E-state index >= 15 is 0 Å². The summed E-state index contributed by atoms with van der Waals surface area (Å²) in [6, 6.07) is 15.5. The van der Waals surface area contributed by atoms with Crippen LogP contribution in [-0.2, 0) is 4.79 Å². The molecule has 2 aromatic heterocycles. The van der Waals surface area contributed by atoms with Crippen molar-refractivity contribution in [1.29, 1.82) is 0 Å². The first-order valence-corrected chi connectivity index (χ1v) is 11.7. The lowest BCUT2D eigenvalue weighted by Gasteiger charge is -2.14. The number of aryl methyl sites for hydroxylation is 1. The van der Waals surface area contributed by atoms with Gasteiger partial charge in [-0.3, -0.25) is 4.79 Å². The van der Waals surface area contributed by atoms with E-state index in [-0.39, 0.29) is 11.2 Å². The predicted molar refractivity (Wildman–Crippen MR) is 131 cm³/mol. The molecular formula is C24H23N3O3S2. The molecule has 4 rings (SSSR count). The van der Waals surface area contributed by atoms with Crippen molar-refractivity contribution in [2.24, 2.45) is 0 Å². The smallest absolute Gasteiger partial charge is 0.237 e. The van der Waals surface area contributed by atoms with Crippen LogP contribution in [0.15, 0.2) is 59.9 Å². The van der Waals surface area contributed by atoms with Gasteiger partial charge in [-0.05, 0) is 31.5 Å². The van der Waals surface area contributed by atoms with Gasteiger partial charge >= 0.3 is 0 Å². The number of benzene rings is 2. The molecule has 0 aliphatic carbocycles. The van der Waals surface area contributed by atoms with Crippen LogP contribution in [0.25, 0.3) is 21.3 Å². The number of methoxy groups -OCH3 is 2. The van der Waals surface area contributed by atoms with Gasteiger partial charge in [0.15, 0.2) is 11.5 Å². The molecule has 0 radical (unpaired) electrons. The van der Waals surface area contributed by atoms with Crippen molar-refractivity contribution < 1.29 is 14.3 Å². The molecule has 164 valence electrons. The Bertz CT molecular complexity index is 1260. The first kappa shape index (κ1) is 22.1. The van der Waals surface area contributed by atoms with Crippen molar-refractivity contribution >= 4 is 44.9 Å². The number of hydrogen-bond donors (Lipinski definition) is 1. The summed E-state index contributed by atoms with van der Waals surface area (Å²) in [6.07, 6.45) is 1.56. The fraction of sp³-hybridized carbons (Fsp3) is 0.208. The Morgan fingerprint density at radius 1 is 1.06 bits per heavy atom. The SMILES string of the molecule is COc1ccc(NC(=O)C(C)Sc2ncnc3sc(C)c(-c4ccccc4)c23)cc1OC. The first-order valence-electron chi connectivity index (χ1n) is 10.0. The standard InChI is InChI=1S/C24H23N3O3S2/c1-14-20(16-8-6-5-7-9-16)21-23(31-14)25-13-26-24(21)32-15(2)22(28)27-17-10-11-18(29-3)19(12-17)30-4/h5-13,15H,1-4H3,(H,27,28). The van der Waals surface area contributed by atoms with Crippen LogP contribution in [0, 0.1) is 6.92 Å². The van der Waals surface area contributed by atoms with E-state index in [0.29, 0.717) is 17.2 Å². The van der Waals surface area contributed by atoms with Crippen LogP contribution in [-0.4, -0.2) is 35.3 Å². The summed E-state index contributed by atoms with van der Waals surface area (Å²) < 4.78 is 10.6. The minimum absolute atomic E-state index is 0.123. The molecule has 0 fully saturated rings. The normalized spacial score (nSPS) is 11.9. The minimum atomic E-state index is -0.370. The number of rotatable bonds is 7. The van der Waals surface area contributed by atoms with Gasteiger partial charge < -0.3 is 14.8 Å². The van der Waals surface area contributed by atoms with E-state index in [9.17, 15) is 4.79 Å². The number of hydrogen-bond acceptors (Lipinski definition) is 7. The Kier molecular flexibility index (Phi) is 6.62. The molecule has 0 saturated heterocycles. The van der Waals surface area contributed by atoms with Crippen LogP contribution in [0.4, 0.5) is 5.69 Å². The maximum atomic E-state index is 12.9. The Hall–Kier alpha value is -3.10. The highest BCUT2D eigenvalue weighted by Gasteiger charge is 2.22. The minimum Gasteiger partial charge on any atom is -0.493 e. The molecule has 2 aromatic carbocycles. The van der Waals surface area contributed by atoms with Crippen LogP contribution >= 0.6 is 23.1 Å². The van der Waals surface area contributed by atoms with Crippen molar-refractivity contribution in [2.45, 2.75) is 24.1 Å². The summed E-state index contributed by atoms with van der Waals surface area (Å²) in [7, 11) is 3.14. The second-order valence-electron chi connectivity index (χ2n) is 7.08. The van der Waals surface area contributed by atoms with Crippen LogP contribution < -0.4 is 14.8 Å². The zero-order chi connectivity index (χ0) is 22.7. The summed E-state index contributed by atoms with van der Waals surface area (Å²) in [5, 5.41) is 4.38. The molecule has 0 aliphatic rings. The van der Waals surface area contributed by atoms with Crippen LogP contribution in [0.5, 0.6) is 11.5 Å². The van der Waals surface area contributed by atoms with Gasteiger partial charge in [0, 0.05) is 22.2 Å². The Labute approximate surface area is 195 Å². The molecule has 0 bridgehead atoms. The van der Waals surface area contributed by atoms with Gasteiger partial charge in [0.05, 0.1) is 24.9 Å². The van der Waals surface area contributed by atoms with Gasteiger partial charge in [-0.1, -0.05) is 42.1 Å². The Morgan fingerprint density at radius 2 is 1.81 bits per heavy atom. The number of anilines is 1. The lowest BCUT2D eigenvalue weighted by molar-refractivity contribution is -0.115. The summed E-state index contributed by atoms with van der Waals surface area (Å²) in [4.78, 5) is 24.0. The highest BCUT2D eigenvalue weighted by atomic mass is 32.2. The molecule has 0 aliphatic heterocycles. The van der Waals surface area contributed by atoms with E-state index in [4.69, 9.17) is 9.47 Å². The van der Waals surface area contributed by atoms with Gasteiger partial charge in [0.2, 0.25) is 5.91 Å². The fourth-order valence-electron chi connectivity index (χ4n) is 3.44. The summed E-state index contributed by atoms with van der Waals surface area (Å²) in [5.74, 6) is 1.05. The highest BCUT2D eigenvalue weighted by Crippen LogP contribution is 2.42. The molecule has 0 saturated carbocycles. The Balaban J connectivity index is 1.60. The highest BCUT2D eigenvalue weighted by molar-refractivity contribution is 8.00. The zero-order valence-electron chi connectivity index (χ0n) is 18.2. The third-order valence-electron chi connectivity index (χ3n) is 5.00. The number of amides is 1. The van der Waals surface area contributed by atoms with Gasteiger partial charge in [-0.25, -0.2) is 9.97 Å². The molecule has 0 spiro atoms. The summed E-state index contributed by atoms with van der Waals surface area (Å²) >= 11 is 3.07. The number of fused-ring (bicyclic) bond motifs is 1. The number of carbonyl (C=O) groups is 1. The number of thiophene rings is 1. The van der Waals surface area contributed by atoms with Crippen LogP contribution in [0.2, 0.25) is 0 Å². The molecule has 1 unspecified atom stereocenters. The lowest BCUT2D eigenvalue weighted by Crippen LogP contribution is -2.22. The quantitative estimate of drug-likeness (QED) is 0.275. The topological polar surface area (TPSA) is 73.3 Å². The summed E-state index contributed by atoms with van der Waals surface area (Å²) in [5.41, 5.74) is 2.89. The molecule has 4 aromatic rings. The van der Waals surface area contributed by atoms with E-state index < -0.39 is 0 Å². The number of aromatic nitrogens is 2. The predicted octanol–water partition coefficient (Wildman–Crippen LogP) is 5.80. The number of nitrogens with zero attached hydrogens (tertiary/aromatic N) is 2. The van der Waals surface area contributed by atoms with E-state index in [1.165, 1.54) is 16.6 Å². The Morgan fingerprint density at radius 3 is 2.53 bits per heavy atom.